The zero-order valence-corrected chi connectivity index (χ0v) is 11.4. The van der Waals surface area contributed by atoms with E-state index in [0.717, 1.165) is 5.82 Å². The fourth-order valence-corrected chi connectivity index (χ4v) is 2.37. The van der Waals surface area contributed by atoms with Gasteiger partial charge < -0.3 is 5.32 Å². The first-order valence-electron chi connectivity index (χ1n) is 5.76. The smallest absolute Gasteiger partial charge is 0.252 e. The highest BCUT2D eigenvalue weighted by Gasteiger charge is 2.23. The average Bonchev–Trinajstić information content (AvgIpc) is 2.96. The SMILES string of the molecule is CC(C)C(NC(=O)c1ccsc1)c1ncnn1C. The van der Waals surface area contributed by atoms with Gasteiger partial charge in [-0.05, 0) is 17.4 Å². The Bertz CT molecular complexity index is 518. The van der Waals surface area contributed by atoms with Gasteiger partial charge in [0, 0.05) is 12.4 Å². The molecule has 0 bridgehead atoms. The standard InChI is InChI=1S/C12H16N4OS/c1-8(2)10(11-13-7-14-16(11)3)15-12(17)9-4-5-18-6-9/h4-8,10H,1-3H3,(H,15,17). The average molecular weight is 264 g/mol. The molecule has 1 N–H and O–H groups in total. The van der Waals surface area contributed by atoms with Crippen LogP contribution < -0.4 is 5.32 Å². The lowest BCUT2D eigenvalue weighted by Gasteiger charge is -2.21. The zero-order chi connectivity index (χ0) is 13.1. The topological polar surface area (TPSA) is 59.8 Å². The van der Waals surface area contributed by atoms with Crippen LogP contribution >= 0.6 is 11.3 Å². The quantitative estimate of drug-likeness (QED) is 0.919. The number of amides is 1. The second-order valence-corrected chi connectivity index (χ2v) is 5.23. The molecule has 0 aliphatic carbocycles. The zero-order valence-electron chi connectivity index (χ0n) is 10.6. The maximum Gasteiger partial charge on any atom is 0.252 e. The predicted octanol–water partition coefficient (Wildman–Crippen LogP) is 2.00. The molecule has 0 saturated carbocycles. The Morgan fingerprint density at radius 1 is 1.50 bits per heavy atom. The Morgan fingerprint density at radius 3 is 2.78 bits per heavy atom. The molecule has 2 rings (SSSR count). The van der Waals surface area contributed by atoms with E-state index in [0.29, 0.717) is 5.56 Å². The summed E-state index contributed by atoms with van der Waals surface area (Å²) in [6, 6.07) is 1.68. The van der Waals surface area contributed by atoms with Crippen molar-refractivity contribution in [3.8, 4) is 0 Å². The van der Waals surface area contributed by atoms with E-state index >= 15 is 0 Å². The third-order valence-corrected chi connectivity index (χ3v) is 3.44. The molecule has 0 saturated heterocycles. The van der Waals surface area contributed by atoms with Crippen molar-refractivity contribution in [1.29, 1.82) is 0 Å². The van der Waals surface area contributed by atoms with Gasteiger partial charge in [0.05, 0.1) is 11.6 Å². The molecular weight excluding hydrogens is 248 g/mol. The predicted molar refractivity (Wildman–Crippen MR) is 70.4 cm³/mol. The van der Waals surface area contributed by atoms with Gasteiger partial charge in [0.15, 0.2) is 0 Å². The molecular formula is C12H16N4OS. The van der Waals surface area contributed by atoms with Gasteiger partial charge in [0.1, 0.15) is 12.2 Å². The van der Waals surface area contributed by atoms with E-state index in [-0.39, 0.29) is 17.9 Å². The Labute approximate surface area is 110 Å². The molecule has 1 unspecified atom stereocenters. The second-order valence-electron chi connectivity index (χ2n) is 4.45. The summed E-state index contributed by atoms with van der Waals surface area (Å²) in [5, 5.41) is 10.8. The number of nitrogens with zero attached hydrogens (tertiary/aromatic N) is 3. The lowest BCUT2D eigenvalue weighted by atomic mass is 10.0. The Kier molecular flexibility index (Phi) is 3.76. The number of rotatable bonds is 4. The normalized spacial score (nSPS) is 12.7. The summed E-state index contributed by atoms with van der Waals surface area (Å²) < 4.78 is 1.69. The van der Waals surface area contributed by atoms with E-state index in [1.807, 2.05) is 37.7 Å². The minimum atomic E-state index is -0.134. The van der Waals surface area contributed by atoms with Gasteiger partial charge in [-0.3, -0.25) is 9.48 Å². The first-order chi connectivity index (χ1) is 8.59. The van der Waals surface area contributed by atoms with Crippen LogP contribution in [0.25, 0.3) is 0 Å². The van der Waals surface area contributed by atoms with Gasteiger partial charge in [-0.1, -0.05) is 13.8 Å². The monoisotopic (exact) mass is 264 g/mol. The number of thiophene rings is 1. The highest BCUT2D eigenvalue weighted by molar-refractivity contribution is 7.08. The molecule has 0 aliphatic heterocycles. The maximum absolute atomic E-state index is 12.1. The van der Waals surface area contributed by atoms with Crippen molar-refractivity contribution < 1.29 is 4.79 Å². The Morgan fingerprint density at radius 2 is 2.28 bits per heavy atom. The molecule has 2 heterocycles. The van der Waals surface area contributed by atoms with Crippen LogP contribution in [0.2, 0.25) is 0 Å². The first kappa shape index (κ1) is 12.8. The van der Waals surface area contributed by atoms with Gasteiger partial charge in [-0.25, -0.2) is 4.98 Å². The molecule has 96 valence electrons. The number of aromatic nitrogens is 3. The van der Waals surface area contributed by atoms with Crippen LogP contribution in [0.4, 0.5) is 0 Å². The Balaban J connectivity index is 2.18. The largest absolute Gasteiger partial charge is 0.342 e. The van der Waals surface area contributed by atoms with Gasteiger partial charge in [-0.15, -0.1) is 0 Å². The van der Waals surface area contributed by atoms with E-state index < -0.39 is 0 Å². The van der Waals surface area contributed by atoms with Crippen LogP contribution in [0, 0.1) is 5.92 Å². The molecule has 0 radical (unpaired) electrons. The van der Waals surface area contributed by atoms with Crippen LogP contribution in [-0.4, -0.2) is 20.7 Å². The van der Waals surface area contributed by atoms with Gasteiger partial charge >= 0.3 is 0 Å². The number of hydrogen-bond donors (Lipinski definition) is 1. The lowest BCUT2D eigenvalue weighted by Crippen LogP contribution is -2.33. The highest BCUT2D eigenvalue weighted by Crippen LogP contribution is 2.19. The summed E-state index contributed by atoms with van der Waals surface area (Å²) in [6.45, 7) is 4.10. The van der Waals surface area contributed by atoms with Gasteiger partial charge in [0.25, 0.3) is 5.91 Å². The van der Waals surface area contributed by atoms with Crippen molar-refractivity contribution >= 4 is 17.2 Å². The number of aryl methyl sites for hydroxylation is 1. The van der Waals surface area contributed by atoms with Crippen LogP contribution in [0.15, 0.2) is 23.2 Å². The molecule has 1 atom stereocenters. The van der Waals surface area contributed by atoms with Crippen molar-refractivity contribution in [3.05, 3.63) is 34.5 Å². The molecule has 18 heavy (non-hydrogen) atoms. The third kappa shape index (κ3) is 2.59. The minimum Gasteiger partial charge on any atom is -0.342 e. The van der Waals surface area contributed by atoms with Crippen molar-refractivity contribution in [3.63, 3.8) is 0 Å². The van der Waals surface area contributed by atoms with Crippen LogP contribution in [0.5, 0.6) is 0 Å². The molecule has 2 aromatic heterocycles. The molecule has 0 aliphatic rings. The van der Waals surface area contributed by atoms with E-state index in [2.05, 4.69) is 15.4 Å². The molecule has 1 amide bonds. The summed E-state index contributed by atoms with van der Waals surface area (Å²) in [5.41, 5.74) is 0.688. The van der Waals surface area contributed by atoms with Crippen molar-refractivity contribution in [2.45, 2.75) is 19.9 Å². The van der Waals surface area contributed by atoms with Crippen LogP contribution in [0.1, 0.15) is 36.1 Å². The highest BCUT2D eigenvalue weighted by atomic mass is 32.1. The van der Waals surface area contributed by atoms with Crippen molar-refractivity contribution in [2.24, 2.45) is 13.0 Å². The Hall–Kier alpha value is -1.69. The number of nitrogens with one attached hydrogen (secondary N) is 1. The van der Waals surface area contributed by atoms with E-state index in [4.69, 9.17) is 0 Å². The van der Waals surface area contributed by atoms with Crippen LogP contribution in [0.3, 0.4) is 0 Å². The lowest BCUT2D eigenvalue weighted by molar-refractivity contribution is 0.0922. The summed E-state index contributed by atoms with van der Waals surface area (Å²) in [6.07, 6.45) is 1.50. The third-order valence-electron chi connectivity index (χ3n) is 2.76. The summed E-state index contributed by atoms with van der Waals surface area (Å²) in [5.74, 6) is 0.946. The molecule has 0 fully saturated rings. The van der Waals surface area contributed by atoms with Gasteiger partial charge in [-0.2, -0.15) is 16.4 Å². The maximum atomic E-state index is 12.1. The molecule has 0 aromatic carbocycles. The molecule has 2 aromatic rings. The van der Waals surface area contributed by atoms with Crippen molar-refractivity contribution in [2.75, 3.05) is 0 Å². The summed E-state index contributed by atoms with van der Waals surface area (Å²) in [7, 11) is 1.83. The molecule has 0 spiro atoms. The van der Waals surface area contributed by atoms with E-state index in [1.165, 1.54) is 17.7 Å². The fraction of sp³-hybridized carbons (Fsp3) is 0.417. The van der Waals surface area contributed by atoms with Gasteiger partial charge in [0.2, 0.25) is 0 Å². The van der Waals surface area contributed by atoms with Crippen LogP contribution in [-0.2, 0) is 7.05 Å². The number of hydrogen-bond acceptors (Lipinski definition) is 4. The van der Waals surface area contributed by atoms with Crippen molar-refractivity contribution in [1.82, 2.24) is 20.1 Å². The summed E-state index contributed by atoms with van der Waals surface area (Å²) >= 11 is 1.51. The molecule has 6 heteroatoms. The number of carbonyl (C=O) groups is 1. The minimum absolute atomic E-state index is 0.0713. The second kappa shape index (κ2) is 5.30. The van der Waals surface area contributed by atoms with E-state index in [1.54, 1.807) is 4.68 Å². The first-order valence-corrected chi connectivity index (χ1v) is 6.71. The fourth-order valence-electron chi connectivity index (χ4n) is 1.73. The molecule has 5 nitrogen and oxygen atoms in total. The van der Waals surface area contributed by atoms with E-state index in [9.17, 15) is 4.79 Å². The number of carbonyl (C=O) groups excluding carboxylic acids is 1. The summed E-state index contributed by atoms with van der Waals surface area (Å²) in [4.78, 5) is 16.3.